The Balaban J connectivity index is 1.75. The van der Waals surface area contributed by atoms with Crippen LogP contribution in [0.2, 0.25) is 0 Å². The second kappa shape index (κ2) is 11.2. The van der Waals surface area contributed by atoms with Gasteiger partial charge in [-0.1, -0.05) is 6.08 Å². The number of thioether (sulfide) groups is 1. The zero-order valence-corrected chi connectivity index (χ0v) is 22.2. The van der Waals surface area contributed by atoms with E-state index in [1.165, 1.54) is 23.1 Å². The molecule has 0 aliphatic carbocycles. The minimum atomic E-state index is -1.06. The molecule has 2 aliphatic rings. The summed E-state index contributed by atoms with van der Waals surface area (Å²) in [7, 11) is 0. The molecule has 1 fully saturated rings. The molecule has 1 aromatic rings. The van der Waals surface area contributed by atoms with Gasteiger partial charge in [0, 0.05) is 16.7 Å². The van der Waals surface area contributed by atoms with Crippen LogP contribution in [-0.4, -0.2) is 70.3 Å². The lowest BCUT2D eigenvalue weighted by atomic mass is 9.98. The summed E-state index contributed by atoms with van der Waals surface area (Å²) < 4.78 is 14.9. The van der Waals surface area contributed by atoms with Crippen LogP contribution < -0.4 is 16.8 Å². The molecular formula is C22H27N5O8S2. The number of nitrogens with zero attached hydrogens (tertiary/aromatic N) is 2. The molecule has 3 rings (SSSR count). The molecular weight excluding hydrogens is 526 g/mol. The first kappa shape index (κ1) is 28.0. The molecule has 200 valence electrons. The van der Waals surface area contributed by atoms with Crippen LogP contribution in [0.5, 0.6) is 0 Å². The van der Waals surface area contributed by atoms with Crippen LogP contribution in [0, 0.1) is 5.41 Å². The van der Waals surface area contributed by atoms with Gasteiger partial charge in [-0.25, -0.2) is 14.6 Å². The van der Waals surface area contributed by atoms with Crippen molar-refractivity contribution in [3.8, 4) is 0 Å². The van der Waals surface area contributed by atoms with Gasteiger partial charge in [0.25, 0.3) is 11.8 Å². The zero-order chi connectivity index (χ0) is 27.5. The molecule has 1 saturated heterocycles. The Bertz CT molecular complexity index is 1190. The van der Waals surface area contributed by atoms with Crippen molar-refractivity contribution < 1.29 is 38.2 Å². The van der Waals surface area contributed by atoms with Crippen LogP contribution in [-0.2, 0) is 33.4 Å². The summed E-state index contributed by atoms with van der Waals surface area (Å²) in [6.07, 6.45) is 0.493. The number of fused-ring (bicyclic) bond motifs is 1. The van der Waals surface area contributed by atoms with E-state index in [2.05, 4.69) is 10.3 Å². The number of carbonyl (C=O) groups is 5. The van der Waals surface area contributed by atoms with Gasteiger partial charge < -0.3 is 31.0 Å². The standard InChI is InChI=1S/C22H27N5O8S2/c1-5-11(12-8-37-20(23)25-12)15(28)26-13-16(29)27-14(10(6-33-21(24)32)7-36-17(13)27)18(30)34-9-35-19(31)22(2,3)4/h5,8,13,17H,6-7,9H2,1-4H3,(H2,23,25)(H2,24,32)(H,26,28)/t13-,17+/m1/s1. The lowest BCUT2D eigenvalue weighted by Gasteiger charge is -2.49. The molecule has 3 heterocycles. The van der Waals surface area contributed by atoms with Crippen LogP contribution in [0.1, 0.15) is 33.4 Å². The van der Waals surface area contributed by atoms with E-state index < -0.39 is 53.5 Å². The van der Waals surface area contributed by atoms with Crippen molar-refractivity contribution in [3.05, 3.63) is 28.4 Å². The number of nitrogen functional groups attached to an aromatic ring is 1. The van der Waals surface area contributed by atoms with Crippen LogP contribution in [0.3, 0.4) is 0 Å². The van der Waals surface area contributed by atoms with Gasteiger partial charge in [0.15, 0.2) is 5.13 Å². The lowest BCUT2D eigenvalue weighted by Crippen LogP contribution is -2.70. The van der Waals surface area contributed by atoms with Gasteiger partial charge in [-0.3, -0.25) is 19.3 Å². The lowest BCUT2D eigenvalue weighted by molar-refractivity contribution is -0.173. The number of amides is 3. The van der Waals surface area contributed by atoms with Crippen molar-refractivity contribution in [2.45, 2.75) is 39.1 Å². The van der Waals surface area contributed by atoms with Crippen LogP contribution in [0.4, 0.5) is 9.93 Å². The van der Waals surface area contributed by atoms with Crippen molar-refractivity contribution in [3.63, 3.8) is 0 Å². The smallest absolute Gasteiger partial charge is 0.404 e. The first-order chi connectivity index (χ1) is 17.3. The normalized spacial score (nSPS) is 19.5. The predicted molar refractivity (Wildman–Crippen MR) is 134 cm³/mol. The number of primary amides is 1. The summed E-state index contributed by atoms with van der Waals surface area (Å²) >= 11 is 2.43. The third-order valence-corrected chi connectivity index (χ3v) is 7.25. The topological polar surface area (TPSA) is 193 Å². The number of anilines is 1. The number of nitrogens with one attached hydrogen (secondary N) is 1. The van der Waals surface area contributed by atoms with E-state index in [0.29, 0.717) is 10.8 Å². The van der Waals surface area contributed by atoms with Crippen molar-refractivity contribution in [1.29, 1.82) is 0 Å². The van der Waals surface area contributed by atoms with Gasteiger partial charge in [-0.2, -0.15) is 0 Å². The molecule has 0 bridgehead atoms. The van der Waals surface area contributed by atoms with Crippen LogP contribution in [0.15, 0.2) is 22.7 Å². The predicted octanol–water partition coefficient (Wildman–Crippen LogP) is 0.968. The van der Waals surface area contributed by atoms with E-state index in [1.54, 1.807) is 39.2 Å². The Labute approximate surface area is 220 Å². The van der Waals surface area contributed by atoms with Crippen LogP contribution in [0.25, 0.3) is 5.57 Å². The molecule has 3 amide bonds. The number of hydrogen-bond donors (Lipinski definition) is 3. The van der Waals surface area contributed by atoms with Crippen molar-refractivity contribution in [2.24, 2.45) is 11.1 Å². The third-order valence-electron chi connectivity index (χ3n) is 5.24. The molecule has 0 spiro atoms. The van der Waals surface area contributed by atoms with Gasteiger partial charge >= 0.3 is 18.0 Å². The van der Waals surface area contributed by atoms with Gasteiger partial charge in [0.05, 0.1) is 16.7 Å². The number of allylic oxidation sites excluding steroid dienone is 1. The first-order valence-electron chi connectivity index (χ1n) is 11.0. The Morgan fingerprint density at radius 1 is 1.24 bits per heavy atom. The van der Waals surface area contributed by atoms with E-state index in [-0.39, 0.29) is 29.2 Å². The number of rotatable bonds is 8. The quantitative estimate of drug-likeness (QED) is 0.180. The summed E-state index contributed by atoms with van der Waals surface area (Å²) in [4.78, 5) is 67.2. The fourth-order valence-electron chi connectivity index (χ4n) is 3.39. The molecule has 15 heteroatoms. The Morgan fingerprint density at radius 3 is 2.51 bits per heavy atom. The highest BCUT2D eigenvalue weighted by molar-refractivity contribution is 8.00. The number of esters is 2. The number of nitrogens with two attached hydrogens (primary N) is 2. The highest BCUT2D eigenvalue weighted by atomic mass is 32.2. The fourth-order valence-corrected chi connectivity index (χ4v) is 5.28. The second-order valence-corrected chi connectivity index (χ2v) is 10.9. The molecule has 1 aromatic heterocycles. The number of carbonyl (C=O) groups excluding carboxylic acids is 5. The third kappa shape index (κ3) is 6.22. The molecule has 2 aliphatic heterocycles. The summed E-state index contributed by atoms with van der Waals surface area (Å²) in [6.45, 7) is 5.54. The van der Waals surface area contributed by atoms with Crippen molar-refractivity contribution in [2.75, 3.05) is 24.9 Å². The van der Waals surface area contributed by atoms with Crippen LogP contribution >= 0.6 is 23.1 Å². The molecule has 0 unspecified atom stereocenters. The Morgan fingerprint density at radius 2 is 1.95 bits per heavy atom. The summed E-state index contributed by atoms with van der Waals surface area (Å²) in [6, 6.07) is -0.941. The van der Waals surface area contributed by atoms with E-state index >= 15 is 0 Å². The maximum absolute atomic E-state index is 13.1. The van der Waals surface area contributed by atoms with E-state index in [1.807, 2.05) is 0 Å². The monoisotopic (exact) mass is 553 g/mol. The van der Waals surface area contributed by atoms with Gasteiger partial charge in [-0.05, 0) is 27.7 Å². The van der Waals surface area contributed by atoms with Crippen molar-refractivity contribution in [1.82, 2.24) is 15.2 Å². The summed E-state index contributed by atoms with van der Waals surface area (Å²) in [5.74, 6) is -2.47. The van der Waals surface area contributed by atoms with Crippen molar-refractivity contribution >= 4 is 63.6 Å². The molecule has 13 nitrogen and oxygen atoms in total. The molecule has 2 atom stereocenters. The minimum Gasteiger partial charge on any atom is -0.445 e. The van der Waals surface area contributed by atoms with Gasteiger partial charge in [-0.15, -0.1) is 23.1 Å². The average molecular weight is 554 g/mol. The zero-order valence-electron chi connectivity index (χ0n) is 20.6. The maximum Gasteiger partial charge on any atom is 0.404 e. The SMILES string of the molecule is CC=C(C(=O)N[C@@H]1C(=O)N2C(C(=O)OCOC(=O)C(C)(C)C)=C(COC(N)=O)CS[C@@H]12)c1csc(N)n1. The summed E-state index contributed by atoms with van der Waals surface area (Å²) in [5, 5.41) is 3.97. The Kier molecular flexibility index (Phi) is 8.48. The average Bonchev–Trinajstić information content (AvgIpc) is 3.25. The number of thiazole rings is 1. The molecule has 0 aromatic carbocycles. The second-order valence-electron chi connectivity index (χ2n) is 8.93. The van der Waals surface area contributed by atoms with Gasteiger partial charge in [0.2, 0.25) is 6.79 Å². The fraction of sp³-hybridized carbons (Fsp3) is 0.455. The van der Waals surface area contributed by atoms with E-state index in [9.17, 15) is 24.0 Å². The van der Waals surface area contributed by atoms with Gasteiger partial charge in [0.1, 0.15) is 23.7 Å². The molecule has 0 radical (unpaired) electrons. The number of β-lactam (4-membered cyclic amide) rings is 1. The molecule has 5 N–H and O–H groups in total. The molecule has 37 heavy (non-hydrogen) atoms. The maximum atomic E-state index is 13.1. The highest BCUT2D eigenvalue weighted by Crippen LogP contribution is 2.41. The Hall–Kier alpha value is -3.59. The number of hydrogen-bond acceptors (Lipinski definition) is 12. The van der Waals surface area contributed by atoms with E-state index in [4.69, 9.17) is 25.7 Å². The first-order valence-corrected chi connectivity index (χ1v) is 12.9. The number of ether oxygens (including phenoxy) is 3. The molecule has 0 saturated carbocycles. The minimum absolute atomic E-state index is 0.161. The number of aromatic nitrogens is 1. The van der Waals surface area contributed by atoms with E-state index in [0.717, 1.165) is 4.90 Å². The largest absolute Gasteiger partial charge is 0.445 e. The summed E-state index contributed by atoms with van der Waals surface area (Å²) in [5.41, 5.74) is 10.6. The highest BCUT2D eigenvalue weighted by Gasteiger charge is 2.54.